The Morgan fingerprint density at radius 2 is 1.96 bits per heavy atom. The van der Waals surface area contributed by atoms with Gasteiger partial charge in [-0.05, 0) is 32.0 Å². The number of quaternary nitrogens is 1. The van der Waals surface area contributed by atoms with Crippen molar-refractivity contribution in [3.8, 4) is 0 Å². The fraction of sp³-hybridized carbons (Fsp3) is 0.588. The maximum absolute atomic E-state index is 13.9. The van der Waals surface area contributed by atoms with Crippen molar-refractivity contribution < 1.29 is 22.1 Å². The monoisotopic (exact) mass is 398 g/mol. The first kappa shape index (κ1) is 21.4. The number of pyridine rings is 1. The average Bonchev–Trinajstić information content (AvgIpc) is 2.95. The molecule has 0 spiro atoms. The van der Waals surface area contributed by atoms with Gasteiger partial charge in [0.05, 0.1) is 11.8 Å². The van der Waals surface area contributed by atoms with Gasteiger partial charge in [-0.25, -0.2) is 9.78 Å². The summed E-state index contributed by atoms with van der Waals surface area (Å²) in [6.07, 6.45) is 2.31. The van der Waals surface area contributed by atoms with Gasteiger partial charge in [-0.15, -0.1) is 0 Å². The molecule has 1 fully saturated rings. The molecule has 10 heteroatoms. The van der Waals surface area contributed by atoms with Gasteiger partial charge in [-0.2, -0.15) is 12.5 Å². The van der Waals surface area contributed by atoms with Gasteiger partial charge in [0.15, 0.2) is 0 Å². The lowest BCUT2D eigenvalue weighted by Gasteiger charge is -2.44. The minimum Gasteiger partial charge on any atom is -0.608 e. The SMILES string of the molecule is CC(C(N)=O)C(C)C(=O)[N+]([O-])(C1CCCNCC1)S(=O)(=O)c1ccccn1. The smallest absolute Gasteiger partial charge is 0.351 e. The van der Waals surface area contributed by atoms with E-state index in [1.165, 1.54) is 38.2 Å². The second-order valence-electron chi connectivity index (χ2n) is 6.89. The minimum atomic E-state index is -4.68. The number of carbonyl (C=O) groups is 2. The van der Waals surface area contributed by atoms with Gasteiger partial charge in [0.2, 0.25) is 10.9 Å². The molecule has 0 aliphatic carbocycles. The molecule has 1 aliphatic rings. The Morgan fingerprint density at radius 1 is 1.26 bits per heavy atom. The Balaban J connectivity index is 2.57. The second-order valence-corrected chi connectivity index (χ2v) is 8.80. The van der Waals surface area contributed by atoms with Crippen LogP contribution in [0.5, 0.6) is 0 Å². The molecule has 0 bridgehead atoms. The molecule has 4 atom stereocenters. The topological polar surface area (TPSA) is 142 Å². The lowest BCUT2D eigenvalue weighted by Crippen LogP contribution is -2.61. The first-order chi connectivity index (χ1) is 12.6. The Hall–Kier alpha value is -1.88. The van der Waals surface area contributed by atoms with E-state index >= 15 is 0 Å². The van der Waals surface area contributed by atoms with E-state index in [1.807, 2.05) is 0 Å². The van der Waals surface area contributed by atoms with Crippen molar-refractivity contribution in [2.45, 2.75) is 44.2 Å². The summed E-state index contributed by atoms with van der Waals surface area (Å²) in [5.74, 6) is -3.96. The molecule has 1 aromatic heterocycles. The third-order valence-corrected chi connectivity index (χ3v) is 7.14. The van der Waals surface area contributed by atoms with E-state index in [9.17, 15) is 23.2 Å². The standard InChI is InChI=1S/C17H26N4O5S/c1-12(16(18)22)13(2)17(23)21(24,14-6-5-9-19-11-8-14)27(25,26)15-7-3-4-10-20-15/h3-4,7,10,12-14,19H,5-6,8-9,11H2,1-2H3,(H2,18,22). The van der Waals surface area contributed by atoms with Crippen molar-refractivity contribution in [2.75, 3.05) is 13.1 Å². The highest BCUT2D eigenvalue weighted by Crippen LogP contribution is 2.34. The van der Waals surface area contributed by atoms with E-state index in [0.717, 1.165) is 0 Å². The highest BCUT2D eigenvalue weighted by molar-refractivity contribution is 7.86. The molecule has 2 heterocycles. The summed E-state index contributed by atoms with van der Waals surface area (Å²) >= 11 is 0. The number of carbonyl (C=O) groups excluding carboxylic acids is 2. The third-order valence-electron chi connectivity index (χ3n) is 5.18. The van der Waals surface area contributed by atoms with Crippen LogP contribution >= 0.6 is 0 Å². The van der Waals surface area contributed by atoms with Crippen molar-refractivity contribution in [3.63, 3.8) is 0 Å². The van der Waals surface area contributed by atoms with Crippen LogP contribution in [0.3, 0.4) is 0 Å². The molecule has 0 radical (unpaired) electrons. The number of nitrogens with one attached hydrogen (secondary N) is 1. The minimum absolute atomic E-state index is 0.221. The van der Waals surface area contributed by atoms with Crippen LogP contribution in [0.15, 0.2) is 29.4 Å². The van der Waals surface area contributed by atoms with Crippen molar-refractivity contribution in [3.05, 3.63) is 29.6 Å². The van der Waals surface area contributed by atoms with Gasteiger partial charge in [0, 0.05) is 25.6 Å². The predicted molar refractivity (Wildman–Crippen MR) is 98.1 cm³/mol. The predicted octanol–water partition coefficient (Wildman–Crippen LogP) is 0.511. The average molecular weight is 398 g/mol. The molecule has 1 saturated heterocycles. The molecular weight excluding hydrogens is 372 g/mol. The van der Waals surface area contributed by atoms with Crippen molar-refractivity contribution in [1.29, 1.82) is 0 Å². The highest BCUT2D eigenvalue weighted by atomic mass is 32.2. The second kappa shape index (κ2) is 8.42. The van der Waals surface area contributed by atoms with Crippen LogP contribution in [0.4, 0.5) is 0 Å². The van der Waals surface area contributed by atoms with Crippen molar-refractivity contribution in [2.24, 2.45) is 17.6 Å². The molecule has 2 rings (SSSR count). The third kappa shape index (κ3) is 4.03. The zero-order valence-electron chi connectivity index (χ0n) is 15.5. The van der Waals surface area contributed by atoms with Gasteiger partial charge < -0.3 is 16.3 Å². The van der Waals surface area contributed by atoms with E-state index < -0.39 is 48.8 Å². The molecular formula is C17H26N4O5S. The lowest BCUT2D eigenvalue weighted by molar-refractivity contribution is -0.707. The largest absolute Gasteiger partial charge is 0.608 e. The first-order valence-electron chi connectivity index (χ1n) is 8.94. The van der Waals surface area contributed by atoms with Gasteiger partial charge in [0.25, 0.3) is 0 Å². The summed E-state index contributed by atoms with van der Waals surface area (Å²) in [6.45, 7) is 3.85. The summed E-state index contributed by atoms with van der Waals surface area (Å²) in [5.41, 5.74) is 5.27. The zero-order chi connectivity index (χ0) is 20.2. The van der Waals surface area contributed by atoms with E-state index in [2.05, 4.69) is 10.3 Å². The van der Waals surface area contributed by atoms with Crippen LogP contribution < -0.4 is 11.1 Å². The number of hydroxylamine groups is 2. The van der Waals surface area contributed by atoms with Crippen LogP contribution in [-0.2, 0) is 19.6 Å². The van der Waals surface area contributed by atoms with Crippen LogP contribution in [0, 0.1) is 17.0 Å². The molecule has 150 valence electrons. The van der Waals surface area contributed by atoms with E-state index in [4.69, 9.17) is 5.73 Å². The van der Waals surface area contributed by atoms with Gasteiger partial charge in [-0.3, -0.25) is 4.79 Å². The van der Waals surface area contributed by atoms with Crippen molar-refractivity contribution in [1.82, 2.24) is 10.3 Å². The maximum Gasteiger partial charge on any atom is 0.351 e. The quantitative estimate of drug-likeness (QED) is 0.525. The van der Waals surface area contributed by atoms with E-state index in [-0.39, 0.29) is 12.8 Å². The zero-order valence-corrected chi connectivity index (χ0v) is 16.3. The number of rotatable bonds is 6. The van der Waals surface area contributed by atoms with Crippen LogP contribution in [-0.4, -0.2) is 48.4 Å². The number of sulfonamides is 1. The fourth-order valence-corrected chi connectivity index (χ4v) is 4.95. The molecule has 0 saturated carbocycles. The van der Waals surface area contributed by atoms with Crippen LogP contribution in [0.1, 0.15) is 33.1 Å². The van der Waals surface area contributed by atoms with Crippen molar-refractivity contribution >= 4 is 21.8 Å². The summed E-state index contributed by atoms with van der Waals surface area (Å²) in [4.78, 5) is 28.5. The number of aromatic nitrogens is 1. The van der Waals surface area contributed by atoms with Gasteiger partial charge in [-0.1, -0.05) is 13.0 Å². The molecule has 3 N–H and O–H groups in total. The Labute approximate surface area is 159 Å². The number of nitrogens with zero attached hydrogens (tertiary/aromatic N) is 2. The summed E-state index contributed by atoms with van der Waals surface area (Å²) in [6, 6.07) is 3.18. The van der Waals surface area contributed by atoms with Crippen LogP contribution in [0.25, 0.3) is 0 Å². The summed E-state index contributed by atoms with van der Waals surface area (Å²) in [5, 5.41) is 16.5. The molecule has 4 unspecified atom stereocenters. The molecule has 1 aliphatic heterocycles. The van der Waals surface area contributed by atoms with E-state index in [1.54, 1.807) is 0 Å². The Bertz CT molecular complexity index is 778. The van der Waals surface area contributed by atoms with Crippen LogP contribution in [0.2, 0.25) is 0 Å². The lowest BCUT2D eigenvalue weighted by atomic mass is 9.93. The summed E-state index contributed by atoms with van der Waals surface area (Å²) in [7, 11) is -4.68. The van der Waals surface area contributed by atoms with Gasteiger partial charge >= 0.3 is 15.9 Å². The number of amides is 2. The van der Waals surface area contributed by atoms with Gasteiger partial charge in [0.1, 0.15) is 6.04 Å². The molecule has 1 aromatic rings. The summed E-state index contributed by atoms with van der Waals surface area (Å²) < 4.78 is 24.4. The Kier molecular flexibility index (Phi) is 6.68. The molecule has 27 heavy (non-hydrogen) atoms. The highest BCUT2D eigenvalue weighted by Gasteiger charge is 2.52. The number of primary amides is 1. The number of hydrogen-bond acceptors (Lipinski definition) is 7. The normalized spacial score (nSPS) is 22.9. The molecule has 0 aromatic carbocycles. The first-order valence-corrected chi connectivity index (χ1v) is 10.4. The molecule has 2 amide bonds. The van der Waals surface area contributed by atoms with E-state index in [0.29, 0.717) is 19.5 Å². The fourth-order valence-electron chi connectivity index (χ4n) is 3.22. The Morgan fingerprint density at radius 3 is 2.56 bits per heavy atom. The number of nitrogens with two attached hydrogens (primary N) is 1. The number of hydrogen-bond donors (Lipinski definition) is 2. The molecule has 9 nitrogen and oxygen atoms in total. The maximum atomic E-state index is 13.9.